The predicted molar refractivity (Wildman–Crippen MR) is 337 cm³/mol. The Morgan fingerprint density at radius 1 is 0.236 bits per heavy atom. The minimum absolute atomic E-state index is 0.148. The SMILES string of the molecule is O=C1Nc2cc1c(-c1c(F)c(F)c(CO)c(F)c1F)c1ccc([nH]1)c(-c1c(F)c(F)c(CO)c(F)c1F)c1nc(c(-c3c(F)c(F)c(CO)c(F)c3F)c3cc(c(-c4c(F)c(F)c(CO)c(F)c4F)c4ccc([nH]4)c(-c4c(F)c(F)c(CO)c(F)c4F)c4nc(c2-c2c(F)c(F)c(CO)c(F)c2F)C=C4)C(=O)N3)C=C1. The second kappa shape index (κ2) is 28.2. The van der Waals surface area contributed by atoms with Gasteiger partial charge in [0.05, 0.1) is 152 Å². The van der Waals surface area contributed by atoms with E-state index in [1.165, 1.54) is 0 Å². The smallest absolute Gasteiger partial charge is 0.256 e. The monoisotopic (exact) mass is 1560 g/mol. The Balaban J connectivity index is 1.37. The number of anilines is 2. The maximum atomic E-state index is 17.0. The molecule has 0 atom stereocenters. The molecule has 0 radical (unpaired) electrons. The van der Waals surface area contributed by atoms with Gasteiger partial charge in [-0.25, -0.2) is 115 Å². The van der Waals surface area contributed by atoms with Crippen LogP contribution in [-0.4, -0.2) is 62.4 Å². The number of carbonyl (C=O) groups excluding carboxylic acids is 2. The Labute approximate surface area is 593 Å². The number of halogens is 24. The fourth-order valence-corrected chi connectivity index (χ4v) is 12.8. The highest BCUT2D eigenvalue weighted by Gasteiger charge is 2.40. The molecule has 0 unspecified atom stereocenters. The number of amides is 2. The maximum Gasteiger partial charge on any atom is 0.256 e. The van der Waals surface area contributed by atoms with E-state index in [0.29, 0.717) is 48.6 Å². The van der Waals surface area contributed by atoms with Gasteiger partial charge in [-0.15, -0.1) is 0 Å². The van der Waals surface area contributed by atoms with E-state index in [2.05, 4.69) is 19.9 Å². The van der Waals surface area contributed by atoms with Crippen LogP contribution in [0.5, 0.6) is 0 Å². The second-order valence-electron chi connectivity index (χ2n) is 23.7. The highest BCUT2D eigenvalue weighted by molar-refractivity contribution is 6.19. The number of carbonyl (C=O) groups is 2. The van der Waals surface area contributed by atoms with E-state index in [1.54, 1.807) is 0 Å². The molecule has 10 N–H and O–H groups in total. The number of H-pyrrole nitrogens is 2. The highest BCUT2D eigenvalue weighted by atomic mass is 19.2. The van der Waals surface area contributed by atoms with Crippen molar-refractivity contribution < 1.29 is 146 Å². The van der Waals surface area contributed by atoms with Gasteiger partial charge >= 0.3 is 0 Å². The predicted octanol–water partition coefficient (Wildman–Crippen LogP) is 16.3. The van der Waals surface area contributed by atoms with Crippen LogP contribution >= 0.6 is 0 Å². The van der Waals surface area contributed by atoms with Gasteiger partial charge in [0.2, 0.25) is 0 Å². The lowest BCUT2D eigenvalue weighted by Gasteiger charge is -2.14. The van der Waals surface area contributed by atoms with Crippen LogP contribution in [0, 0.1) is 140 Å². The largest absolute Gasteiger partial charge is 0.391 e. The van der Waals surface area contributed by atoms with Crippen molar-refractivity contribution in [3.63, 3.8) is 0 Å². The van der Waals surface area contributed by atoms with E-state index < -0.39 is 359 Å². The van der Waals surface area contributed by atoms with Gasteiger partial charge in [0.25, 0.3) is 11.8 Å². The second-order valence-corrected chi connectivity index (χ2v) is 23.7. The Kier molecular flexibility index (Phi) is 19.5. The van der Waals surface area contributed by atoms with E-state index in [0.717, 1.165) is 0 Å². The molecular formula is C72H32F24N6O8. The number of hydrogen-bond acceptors (Lipinski definition) is 10. The summed E-state index contributed by atoms with van der Waals surface area (Å²) in [6.07, 6.45) is 1.61. The summed E-state index contributed by atoms with van der Waals surface area (Å²) in [5.41, 5.74) is -49.4. The molecule has 13 rings (SSSR count). The fourth-order valence-electron chi connectivity index (χ4n) is 12.8. The molecule has 0 fully saturated rings. The van der Waals surface area contributed by atoms with Crippen LogP contribution in [0.25, 0.3) is 113 Å². The molecule has 14 nitrogen and oxygen atoms in total. The van der Waals surface area contributed by atoms with Gasteiger partial charge in [-0.05, 0) is 60.7 Å². The molecule has 0 aliphatic carbocycles. The lowest BCUT2D eigenvalue weighted by atomic mass is 9.96. The summed E-state index contributed by atoms with van der Waals surface area (Å²) in [5, 5.41) is 62.8. The quantitative estimate of drug-likeness (QED) is 0.0410. The summed E-state index contributed by atoms with van der Waals surface area (Å²) in [6, 6.07) is 1.99. The van der Waals surface area contributed by atoms with Crippen LogP contribution in [0.15, 0.2) is 36.4 Å². The van der Waals surface area contributed by atoms with Crippen LogP contribution < -0.4 is 10.6 Å². The minimum atomic E-state index is -2.63. The highest BCUT2D eigenvalue weighted by Crippen LogP contribution is 2.50. The van der Waals surface area contributed by atoms with Gasteiger partial charge in [-0.1, -0.05) is 0 Å². The zero-order chi connectivity index (χ0) is 79.9. The number of benzene rings is 6. The Bertz CT molecular complexity index is 5600. The van der Waals surface area contributed by atoms with Crippen molar-refractivity contribution in [2.75, 3.05) is 10.6 Å². The Morgan fingerprint density at radius 2 is 0.409 bits per heavy atom. The van der Waals surface area contributed by atoms with Crippen LogP contribution in [0.4, 0.5) is 117 Å². The van der Waals surface area contributed by atoms with Crippen molar-refractivity contribution >= 4 is 69.6 Å². The van der Waals surface area contributed by atoms with Crippen LogP contribution in [0.3, 0.4) is 0 Å². The first-order chi connectivity index (χ1) is 52.2. The molecule has 0 saturated carbocycles. The van der Waals surface area contributed by atoms with Crippen LogP contribution in [-0.2, 0) is 39.6 Å². The van der Waals surface area contributed by atoms with Crippen LogP contribution in [0.2, 0.25) is 0 Å². The molecular weight excluding hydrogens is 1530 g/mol. The van der Waals surface area contributed by atoms with E-state index in [4.69, 9.17) is 0 Å². The molecule has 3 aromatic heterocycles. The van der Waals surface area contributed by atoms with Crippen molar-refractivity contribution in [2.24, 2.45) is 0 Å². The molecule has 6 aromatic carbocycles. The van der Waals surface area contributed by atoms with Crippen molar-refractivity contribution in [1.82, 2.24) is 19.9 Å². The Morgan fingerprint density at radius 3 is 0.609 bits per heavy atom. The molecule has 38 heteroatoms. The third-order valence-electron chi connectivity index (χ3n) is 18.0. The van der Waals surface area contributed by atoms with E-state index >= 15 is 105 Å². The zero-order valence-corrected chi connectivity index (χ0v) is 53.5. The number of aromatic nitrogens is 4. The molecule has 7 heterocycles. The topological polar surface area (TPSA) is 237 Å². The normalized spacial score (nSPS) is 12.6. The third-order valence-corrected chi connectivity index (χ3v) is 18.0. The molecule has 110 heavy (non-hydrogen) atoms. The number of nitrogens with zero attached hydrogens (tertiary/aromatic N) is 2. The molecule has 566 valence electrons. The number of rotatable bonds is 12. The maximum absolute atomic E-state index is 17.0. The Hall–Kier alpha value is -12.1. The summed E-state index contributed by atoms with van der Waals surface area (Å²) >= 11 is 0. The van der Waals surface area contributed by atoms with Gasteiger partial charge in [-0.3, -0.25) is 9.59 Å². The van der Waals surface area contributed by atoms with Crippen molar-refractivity contribution in [3.05, 3.63) is 243 Å². The van der Waals surface area contributed by atoms with Crippen molar-refractivity contribution in [1.29, 1.82) is 0 Å². The van der Waals surface area contributed by atoms with E-state index in [9.17, 15) is 40.2 Å². The summed E-state index contributed by atoms with van der Waals surface area (Å²) in [6.45, 7) is -11.2. The molecule has 0 spiro atoms. The first-order valence-corrected chi connectivity index (χ1v) is 30.7. The summed E-state index contributed by atoms with van der Waals surface area (Å²) in [4.78, 5) is 42.1. The van der Waals surface area contributed by atoms with Gasteiger partial charge in [-0.2, -0.15) is 0 Å². The molecule has 9 aromatic rings. The molecule has 2 amide bonds. The number of fused-ring (bicyclic) bond motifs is 12. The molecule has 12 bridgehead atoms. The molecule has 4 aliphatic rings. The average molecular weight is 1570 g/mol. The molecule has 4 aliphatic heterocycles. The number of aromatic amines is 2. The summed E-state index contributed by atoms with van der Waals surface area (Å²) in [7, 11) is 0. The minimum Gasteiger partial charge on any atom is -0.391 e. The van der Waals surface area contributed by atoms with Gasteiger partial charge in [0.15, 0.2) is 140 Å². The third kappa shape index (κ3) is 11.3. The number of hydrogen-bond donors (Lipinski definition) is 10. The fraction of sp³-hybridized carbons (Fsp3) is 0.0833. The van der Waals surface area contributed by atoms with Crippen LogP contribution in [0.1, 0.15) is 76.9 Å². The zero-order valence-electron chi connectivity index (χ0n) is 53.5. The number of aliphatic hydroxyl groups excluding tert-OH is 6. The summed E-state index contributed by atoms with van der Waals surface area (Å²) < 4.78 is 398. The van der Waals surface area contributed by atoms with Gasteiger partial charge < -0.3 is 51.2 Å². The van der Waals surface area contributed by atoms with Gasteiger partial charge in [0, 0.05) is 55.4 Å². The molecule has 0 saturated heterocycles. The summed E-state index contributed by atoms with van der Waals surface area (Å²) in [5.74, 6) is -65.1. The van der Waals surface area contributed by atoms with Crippen molar-refractivity contribution in [2.45, 2.75) is 39.6 Å². The number of nitrogens with one attached hydrogen (secondary N) is 4. The first-order valence-electron chi connectivity index (χ1n) is 30.7. The van der Waals surface area contributed by atoms with Crippen molar-refractivity contribution in [3.8, 4) is 66.8 Å². The number of aliphatic hydroxyl groups is 6. The lowest BCUT2D eigenvalue weighted by molar-refractivity contribution is 0.102. The van der Waals surface area contributed by atoms with E-state index in [1.807, 2.05) is 10.6 Å². The lowest BCUT2D eigenvalue weighted by Crippen LogP contribution is -2.11. The van der Waals surface area contributed by atoms with Gasteiger partial charge in [0.1, 0.15) is 0 Å². The standard InChI is InChI=1S/C72H32F24N6O8/c73-47-19(11-103)48(74)60(86)41(59(47)85)35-17-9-33(101-71(17)109)39(45-67(93)55(81)23(15-107)56(82)68(45)94)32-8-6-30(100-32)38(44-65(91)53(79)22(14-106)54(80)66(44)92)28-4-2-26(98-28)36(42-61(87)49(75)20(12-104)50(76)62(42)88)18-10-34(102-72(18)110)40(46-69(95)57(83)24(16-108)58(84)70(46)96)31-7-5-29(99-31)37(27-3-1-25(35)97-27)43-63(89)51(77)21(13-105)52(78)64(43)90/h1-10,97-98,103-108H,11-16H2,(H,101,109)(H,102,110). The first kappa shape index (κ1) is 76.1. The average Bonchev–Trinajstić information content (AvgIpc) is 1.57. The van der Waals surface area contributed by atoms with E-state index in [-0.39, 0.29) is 12.1 Å².